The van der Waals surface area contributed by atoms with Crippen molar-refractivity contribution in [2.75, 3.05) is 11.9 Å². The molecule has 18 heavy (non-hydrogen) atoms. The monoisotopic (exact) mass is 273 g/mol. The largest absolute Gasteiger partial charge is 0.392 e. The van der Waals surface area contributed by atoms with Crippen LogP contribution >= 0.6 is 12.2 Å². The second-order valence-electron chi connectivity index (χ2n) is 3.23. The van der Waals surface area contributed by atoms with Gasteiger partial charge in [-0.25, -0.2) is 8.78 Å². The third-order valence-electron chi connectivity index (χ3n) is 1.81. The molecule has 4 N–H and O–H groups in total. The molecule has 0 atom stereocenters. The van der Waals surface area contributed by atoms with E-state index in [9.17, 15) is 18.4 Å². The number of hydrogen-bond donors (Lipinski definition) is 3. The van der Waals surface area contributed by atoms with Crippen LogP contribution in [0.5, 0.6) is 0 Å². The molecular formula is C10H9F2N3O2S. The first-order valence-electron chi connectivity index (χ1n) is 4.72. The maximum Gasteiger partial charge on any atom is 0.313 e. The second kappa shape index (κ2) is 6.01. The fraction of sp³-hybridized carbons (Fsp3) is 0.100. The van der Waals surface area contributed by atoms with Crippen LogP contribution in [0.25, 0.3) is 0 Å². The van der Waals surface area contributed by atoms with Crippen molar-refractivity contribution in [3.8, 4) is 0 Å². The lowest BCUT2D eigenvalue weighted by Crippen LogP contribution is -2.39. The van der Waals surface area contributed by atoms with E-state index in [1.807, 2.05) is 0 Å². The molecule has 0 heterocycles. The van der Waals surface area contributed by atoms with Gasteiger partial charge in [0, 0.05) is 11.8 Å². The van der Waals surface area contributed by atoms with Crippen molar-refractivity contribution in [1.82, 2.24) is 5.32 Å². The smallest absolute Gasteiger partial charge is 0.313 e. The van der Waals surface area contributed by atoms with Gasteiger partial charge in [0.25, 0.3) is 0 Å². The average Bonchev–Trinajstić information content (AvgIpc) is 2.30. The summed E-state index contributed by atoms with van der Waals surface area (Å²) < 4.78 is 25.4. The minimum absolute atomic E-state index is 0.0176. The number of nitrogens with one attached hydrogen (secondary N) is 2. The molecule has 0 saturated carbocycles. The number of thiocarbonyl (C=S) groups is 1. The summed E-state index contributed by atoms with van der Waals surface area (Å²) in [5.41, 5.74) is 5.09. The van der Waals surface area contributed by atoms with E-state index in [0.29, 0.717) is 0 Å². The summed E-state index contributed by atoms with van der Waals surface area (Å²) in [6.07, 6.45) is 0. The molecule has 1 aromatic carbocycles. The van der Waals surface area contributed by atoms with Gasteiger partial charge in [0.15, 0.2) is 11.6 Å². The van der Waals surface area contributed by atoms with E-state index in [0.717, 1.165) is 18.2 Å². The molecule has 1 rings (SSSR count). The molecule has 0 aliphatic rings. The van der Waals surface area contributed by atoms with Crippen molar-refractivity contribution in [3.63, 3.8) is 0 Å². The first-order chi connectivity index (χ1) is 8.40. The quantitative estimate of drug-likeness (QED) is 0.546. The van der Waals surface area contributed by atoms with E-state index in [1.54, 1.807) is 0 Å². The number of nitrogens with two attached hydrogens (primary N) is 1. The van der Waals surface area contributed by atoms with Gasteiger partial charge in [0.2, 0.25) is 0 Å². The first-order valence-corrected chi connectivity index (χ1v) is 5.13. The van der Waals surface area contributed by atoms with Crippen LogP contribution in [0.4, 0.5) is 14.5 Å². The molecule has 0 unspecified atom stereocenters. The van der Waals surface area contributed by atoms with Crippen LogP contribution in [0.1, 0.15) is 0 Å². The van der Waals surface area contributed by atoms with Crippen LogP contribution in [0.15, 0.2) is 18.2 Å². The molecular weight excluding hydrogens is 264 g/mol. The summed E-state index contributed by atoms with van der Waals surface area (Å²) in [7, 11) is 0. The van der Waals surface area contributed by atoms with Crippen molar-refractivity contribution in [3.05, 3.63) is 29.8 Å². The molecule has 1 aromatic rings. The van der Waals surface area contributed by atoms with E-state index in [2.05, 4.69) is 22.9 Å². The third-order valence-corrected chi connectivity index (χ3v) is 1.95. The van der Waals surface area contributed by atoms with Gasteiger partial charge >= 0.3 is 11.8 Å². The van der Waals surface area contributed by atoms with E-state index in [4.69, 9.17) is 5.73 Å². The van der Waals surface area contributed by atoms with Gasteiger partial charge in [-0.1, -0.05) is 12.2 Å². The average molecular weight is 273 g/mol. The Morgan fingerprint density at radius 2 is 1.89 bits per heavy atom. The molecule has 0 fully saturated rings. The van der Waals surface area contributed by atoms with Crippen molar-refractivity contribution >= 4 is 34.7 Å². The van der Waals surface area contributed by atoms with Crippen molar-refractivity contribution < 1.29 is 18.4 Å². The summed E-state index contributed by atoms with van der Waals surface area (Å²) in [4.78, 5) is 22.5. The minimum atomic E-state index is -1.13. The Morgan fingerprint density at radius 1 is 1.22 bits per heavy atom. The van der Waals surface area contributed by atoms with E-state index >= 15 is 0 Å². The maximum atomic E-state index is 12.8. The van der Waals surface area contributed by atoms with Crippen molar-refractivity contribution in [1.29, 1.82) is 0 Å². The number of amides is 2. The van der Waals surface area contributed by atoms with Crippen molar-refractivity contribution in [2.45, 2.75) is 0 Å². The highest BCUT2D eigenvalue weighted by molar-refractivity contribution is 7.80. The Kier molecular flexibility index (Phi) is 4.67. The van der Waals surface area contributed by atoms with Gasteiger partial charge < -0.3 is 16.4 Å². The topological polar surface area (TPSA) is 84.2 Å². The van der Waals surface area contributed by atoms with Crippen LogP contribution in [-0.4, -0.2) is 23.3 Å². The van der Waals surface area contributed by atoms with E-state index < -0.39 is 23.4 Å². The molecule has 0 saturated heterocycles. The molecule has 0 spiro atoms. The van der Waals surface area contributed by atoms with Crippen LogP contribution < -0.4 is 16.4 Å². The molecule has 0 aliphatic carbocycles. The number of carbonyl (C=O) groups is 2. The second-order valence-corrected chi connectivity index (χ2v) is 3.76. The summed E-state index contributed by atoms with van der Waals surface area (Å²) in [5.74, 6) is -4.19. The molecule has 8 heteroatoms. The lowest BCUT2D eigenvalue weighted by atomic mass is 10.3. The standard InChI is InChI=1S/C10H9F2N3O2S/c11-6-2-1-5(3-7(6)12)15-10(17)9(16)14-4-8(13)18/h1-3H,4H2,(H2,13,18)(H,14,16)(H,15,17). The maximum absolute atomic E-state index is 12.8. The summed E-state index contributed by atoms with van der Waals surface area (Å²) in [6.45, 7) is -0.126. The zero-order valence-electron chi connectivity index (χ0n) is 9.00. The van der Waals surface area contributed by atoms with Gasteiger partial charge in [0.1, 0.15) is 0 Å². The fourth-order valence-corrected chi connectivity index (χ4v) is 1.08. The highest BCUT2D eigenvalue weighted by Gasteiger charge is 2.14. The molecule has 0 aromatic heterocycles. The van der Waals surface area contributed by atoms with E-state index in [1.165, 1.54) is 0 Å². The SMILES string of the molecule is NC(=S)CNC(=O)C(=O)Nc1ccc(F)c(F)c1. The van der Waals surface area contributed by atoms with Gasteiger partial charge in [0.05, 0.1) is 11.5 Å². The summed E-state index contributed by atoms with van der Waals surface area (Å²) in [5, 5.41) is 4.23. The third kappa shape index (κ3) is 4.06. The van der Waals surface area contributed by atoms with Gasteiger partial charge in [-0.3, -0.25) is 9.59 Å². The predicted octanol–water partition coefficient (Wildman–Crippen LogP) is 0.306. The molecule has 96 valence electrons. The lowest BCUT2D eigenvalue weighted by molar-refractivity contribution is -0.135. The number of carbonyl (C=O) groups excluding carboxylic acids is 2. The Morgan fingerprint density at radius 3 is 2.44 bits per heavy atom. The molecule has 0 bridgehead atoms. The number of hydrogen-bond acceptors (Lipinski definition) is 3. The Labute approximate surface area is 106 Å². The Hall–Kier alpha value is -2.09. The van der Waals surface area contributed by atoms with Crippen LogP contribution in [0.2, 0.25) is 0 Å². The Balaban J connectivity index is 2.61. The number of benzene rings is 1. The van der Waals surface area contributed by atoms with E-state index in [-0.39, 0.29) is 17.2 Å². The summed E-state index contributed by atoms with van der Waals surface area (Å²) in [6, 6.07) is 2.71. The first kappa shape index (κ1) is 14.0. The Bertz CT molecular complexity index is 508. The number of anilines is 1. The molecule has 0 aliphatic heterocycles. The molecule has 5 nitrogen and oxygen atoms in total. The normalized spacial score (nSPS) is 9.67. The number of rotatable bonds is 3. The van der Waals surface area contributed by atoms with Crippen molar-refractivity contribution in [2.24, 2.45) is 5.73 Å². The zero-order valence-corrected chi connectivity index (χ0v) is 9.81. The van der Waals surface area contributed by atoms with Gasteiger partial charge in [-0.15, -0.1) is 0 Å². The molecule has 0 radical (unpaired) electrons. The van der Waals surface area contributed by atoms with Gasteiger partial charge in [-0.05, 0) is 12.1 Å². The van der Waals surface area contributed by atoms with Crippen LogP contribution in [-0.2, 0) is 9.59 Å². The highest BCUT2D eigenvalue weighted by Crippen LogP contribution is 2.12. The molecule has 2 amide bonds. The zero-order chi connectivity index (χ0) is 13.7. The van der Waals surface area contributed by atoms with Crippen LogP contribution in [0, 0.1) is 11.6 Å². The fourth-order valence-electron chi connectivity index (χ4n) is 1.01. The summed E-state index contributed by atoms with van der Waals surface area (Å²) >= 11 is 4.50. The predicted molar refractivity (Wildman–Crippen MR) is 64.8 cm³/mol. The highest BCUT2D eigenvalue weighted by atomic mass is 32.1. The van der Waals surface area contributed by atoms with Gasteiger partial charge in [-0.2, -0.15) is 0 Å². The lowest BCUT2D eigenvalue weighted by Gasteiger charge is -2.06. The van der Waals surface area contributed by atoms with Crippen LogP contribution in [0.3, 0.4) is 0 Å². The number of halogens is 2. The minimum Gasteiger partial charge on any atom is -0.392 e.